The average molecular weight is 181 g/mol. The molecule has 13 heavy (non-hydrogen) atoms. The second-order valence-corrected chi connectivity index (χ2v) is 3.80. The fraction of sp³-hybridized carbons (Fsp3) is 0.700. The number of rotatable bonds is 3. The summed E-state index contributed by atoms with van der Waals surface area (Å²) in [4.78, 5) is 0. The quantitative estimate of drug-likeness (QED) is 0.641. The third kappa shape index (κ3) is 2.31. The number of nitrogens with zero attached hydrogens (tertiary/aromatic N) is 2. The molecule has 1 heterocycles. The monoisotopic (exact) mass is 181 g/mol. The molecule has 1 fully saturated rings. The van der Waals surface area contributed by atoms with E-state index in [1.165, 1.54) is 25.7 Å². The summed E-state index contributed by atoms with van der Waals surface area (Å²) in [6.45, 7) is 0.700. The number of ether oxygens (including phenoxy) is 1. The van der Waals surface area contributed by atoms with Gasteiger partial charge in [0, 0.05) is 0 Å². The van der Waals surface area contributed by atoms with Crippen molar-refractivity contribution in [1.29, 1.82) is 0 Å². The van der Waals surface area contributed by atoms with Gasteiger partial charge in [-0.25, -0.2) is 9.13 Å². The zero-order valence-corrected chi connectivity index (χ0v) is 8.15. The lowest BCUT2D eigenvalue weighted by atomic mass is 10.3. The van der Waals surface area contributed by atoms with Crippen molar-refractivity contribution in [2.24, 2.45) is 7.05 Å². The van der Waals surface area contributed by atoms with E-state index >= 15 is 0 Å². The Bertz CT molecular complexity index is 264. The summed E-state index contributed by atoms with van der Waals surface area (Å²) in [6.07, 6.45) is 11.8. The molecule has 0 unspecified atom stereocenters. The van der Waals surface area contributed by atoms with Gasteiger partial charge in [-0.15, -0.1) is 0 Å². The minimum absolute atomic E-state index is 0.507. The molecule has 1 aliphatic carbocycles. The summed E-state index contributed by atoms with van der Waals surface area (Å²) in [6, 6.07) is 0. The number of hydrogen-bond acceptors (Lipinski definition) is 1. The van der Waals surface area contributed by atoms with Crippen molar-refractivity contribution in [3.05, 3.63) is 18.7 Å². The van der Waals surface area contributed by atoms with Gasteiger partial charge in [-0.05, 0) is 12.8 Å². The van der Waals surface area contributed by atoms with Gasteiger partial charge in [-0.2, -0.15) is 0 Å². The van der Waals surface area contributed by atoms with E-state index in [9.17, 15) is 0 Å². The molecule has 0 spiro atoms. The average Bonchev–Trinajstić information content (AvgIpc) is 2.71. The Hall–Kier alpha value is -0.830. The van der Waals surface area contributed by atoms with Crippen LogP contribution in [-0.4, -0.2) is 10.7 Å². The third-order valence-electron chi connectivity index (χ3n) is 2.59. The largest absolute Gasteiger partial charge is 0.338 e. The maximum Gasteiger partial charge on any atom is 0.245 e. The van der Waals surface area contributed by atoms with Crippen molar-refractivity contribution >= 4 is 0 Å². The summed E-state index contributed by atoms with van der Waals surface area (Å²) in [5.41, 5.74) is 0. The maximum absolute atomic E-state index is 5.75. The smallest absolute Gasteiger partial charge is 0.245 e. The van der Waals surface area contributed by atoms with Crippen LogP contribution in [0.3, 0.4) is 0 Å². The molecule has 0 aromatic carbocycles. The number of aromatic nitrogens is 2. The Kier molecular flexibility index (Phi) is 2.64. The highest BCUT2D eigenvalue weighted by molar-refractivity contribution is 4.68. The molecular weight excluding hydrogens is 164 g/mol. The molecular formula is C10H17N2O+. The van der Waals surface area contributed by atoms with E-state index in [0.29, 0.717) is 12.8 Å². The first kappa shape index (κ1) is 8.75. The van der Waals surface area contributed by atoms with Crippen molar-refractivity contribution in [3.63, 3.8) is 0 Å². The second-order valence-electron chi connectivity index (χ2n) is 3.80. The van der Waals surface area contributed by atoms with Gasteiger partial charge in [0.15, 0.2) is 6.73 Å². The first-order valence-electron chi connectivity index (χ1n) is 4.97. The molecule has 0 radical (unpaired) electrons. The Morgan fingerprint density at radius 1 is 1.46 bits per heavy atom. The first-order chi connectivity index (χ1) is 6.34. The molecule has 0 atom stereocenters. The lowest BCUT2D eigenvalue weighted by molar-refractivity contribution is -0.671. The predicted octanol–water partition coefficient (Wildman–Crippen LogP) is 1.23. The fourth-order valence-electron chi connectivity index (χ4n) is 1.82. The van der Waals surface area contributed by atoms with Gasteiger partial charge in [-0.3, -0.25) is 0 Å². The fourth-order valence-corrected chi connectivity index (χ4v) is 1.82. The van der Waals surface area contributed by atoms with Gasteiger partial charge in [0.1, 0.15) is 12.4 Å². The highest BCUT2D eigenvalue weighted by Gasteiger charge is 2.15. The van der Waals surface area contributed by atoms with Crippen LogP contribution in [-0.2, 0) is 18.5 Å². The molecule has 2 rings (SSSR count). The van der Waals surface area contributed by atoms with Crippen molar-refractivity contribution in [1.82, 2.24) is 4.57 Å². The zero-order chi connectivity index (χ0) is 9.10. The summed E-state index contributed by atoms with van der Waals surface area (Å²) >= 11 is 0. The van der Waals surface area contributed by atoms with Crippen LogP contribution in [0.5, 0.6) is 0 Å². The van der Waals surface area contributed by atoms with Crippen LogP contribution >= 0.6 is 0 Å². The van der Waals surface area contributed by atoms with Crippen LogP contribution in [0.2, 0.25) is 0 Å². The highest BCUT2D eigenvalue weighted by Crippen LogP contribution is 2.20. The molecule has 1 aliphatic rings. The van der Waals surface area contributed by atoms with Crippen molar-refractivity contribution in [2.45, 2.75) is 38.5 Å². The molecule has 1 saturated carbocycles. The topological polar surface area (TPSA) is 18.0 Å². The molecule has 3 heteroatoms. The Balaban J connectivity index is 1.78. The van der Waals surface area contributed by atoms with E-state index < -0.39 is 0 Å². The van der Waals surface area contributed by atoms with Crippen LogP contribution in [0, 0.1) is 0 Å². The minimum Gasteiger partial charge on any atom is -0.338 e. The molecule has 0 aliphatic heterocycles. The predicted molar refractivity (Wildman–Crippen MR) is 48.9 cm³/mol. The molecule has 0 saturated heterocycles. The van der Waals surface area contributed by atoms with Crippen LogP contribution < -0.4 is 4.57 Å². The summed E-state index contributed by atoms with van der Waals surface area (Å²) in [5.74, 6) is 0. The summed E-state index contributed by atoms with van der Waals surface area (Å²) < 4.78 is 9.85. The SMILES string of the molecule is C[n+]1ccn(COC2CCCC2)c1. The van der Waals surface area contributed by atoms with E-state index in [1.54, 1.807) is 0 Å². The Labute approximate surface area is 78.9 Å². The van der Waals surface area contributed by atoms with Crippen molar-refractivity contribution in [2.75, 3.05) is 0 Å². The van der Waals surface area contributed by atoms with E-state index in [0.717, 1.165) is 0 Å². The van der Waals surface area contributed by atoms with Gasteiger partial charge in [-0.1, -0.05) is 12.8 Å². The molecule has 0 amide bonds. The molecule has 1 aromatic heterocycles. The van der Waals surface area contributed by atoms with Crippen LogP contribution in [0.1, 0.15) is 25.7 Å². The zero-order valence-electron chi connectivity index (χ0n) is 8.15. The number of aryl methyl sites for hydroxylation is 1. The summed E-state index contributed by atoms with van der Waals surface area (Å²) in [7, 11) is 2.02. The molecule has 72 valence electrons. The lowest BCUT2D eigenvalue weighted by Gasteiger charge is -2.07. The van der Waals surface area contributed by atoms with E-state index in [4.69, 9.17) is 4.74 Å². The number of imidazole rings is 1. The van der Waals surface area contributed by atoms with Gasteiger partial charge in [0.25, 0.3) is 0 Å². The summed E-state index contributed by atoms with van der Waals surface area (Å²) in [5, 5.41) is 0. The maximum atomic E-state index is 5.75. The second kappa shape index (κ2) is 3.92. The third-order valence-corrected chi connectivity index (χ3v) is 2.59. The van der Waals surface area contributed by atoms with E-state index in [-0.39, 0.29) is 0 Å². The van der Waals surface area contributed by atoms with Crippen LogP contribution in [0.25, 0.3) is 0 Å². The molecule has 1 aromatic rings. The minimum atomic E-state index is 0.507. The Morgan fingerprint density at radius 3 is 2.85 bits per heavy atom. The van der Waals surface area contributed by atoms with E-state index in [1.807, 2.05) is 30.3 Å². The highest BCUT2D eigenvalue weighted by atomic mass is 16.5. The van der Waals surface area contributed by atoms with Crippen LogP contribution in [0.15, 0.2) is 18.7 Å². The lowest BCUT2D eigenvalue weighted by Crippen LogP contribution is -2.24. The molecule has 0 N–H and O–H groups in total. The number of hydrogen-bond donors (Lipinski definition) is 0. The van der Waals surface area contributed by atoms with Crippen molar-refractivity contribution in [3.8, 4) is 0 Å². The van der Waals surface area contributed by atoms with Crippen LogP contribution in [0.4, 0.5) is 0 Å². The first-order valence-corrected chi connectivity index (χ1v) is 4.97. The van der Waals surface area contributed by atoms with Gasteiger partial charge in [0.05, 0.1) is 13.2 Å². The Morgan fingerprint density at radius 2 is 2.23 bits per heavy atom. The normalized spacial score (nSPS) is 18.2. The van der Waals surface area contributed by atoms with Gasteiger partial charge >= 0.3 is 0 Å². The molecule has 0 bridgehead atoms. The molecule has 3 nitrogen and oxygen atoms in total. The van der Waals surface area contributed by atoms with Crippen molar-refractivity contribution < 1.29 is 9.30 Å². The van der Waals surface area contributed by atoms with Gasteiger partial charge in [0.2, 0.25) is 6.33 Å². The van der Waals surface area contributed by atoms with E-state index in [2.05, 4.69) is 4.57 Å². The van der Waals surface area contributed by atoms with Gasteiger partial charge < -0.3 is 4.74 Å². The standard InChI is InChI=1S/C10H17N2O/c1-11-6-7-12(8-11)9-13-10-4-2-3-5-10/h6-8,10H,2-5,9H2,1H3/q+1.